The van der Waals surface area contributed by atoms with Gasteiger partial charge in [-0.1, -0.05) is 13.0 Å². The molecule has 3 rings (SSSR count). The van der Waals surface area contributed by atoms with Gasteiger partial charge in [0.05, 0.1) is 18.1 Å². The van der Waals surface area contributed by atoms with Crippen LogP contribution >= 0.6 is 0 Å². The van der Waals surface area contributed by atoms with Crippen LogP contribution in [0.1, 0.15) is 36.8 Å². The van der Waals surface area contributed by atoms with Gasteiger partial charge >= 0.3 is 12.2 Å². The Balaban J connectivity index is 1.73. The predicted molar refractivity (Wildman–Crippen MR) is 102 cm³/mol. The number of nitrogens with zero attached hydrogens (tertiary/aromatic N) is 4. The van der Waals surface area contributed by atoms with E-state index < -0.39 is 17.9 Å². The van der Waals surface area contributed by atoms with Crippen molar-refractivity contribution in [1.29, 1.82) is 0 Å². The maximum atomic E-state index is 13.1. The molecule has 0 aromatic carbocycles. The summed E-state index contributed by atoms with van der Waals surface area (Å²) < 4.78 is 39.4. The first-order valence-electron chi connectivity index (χ1n) is 9.38. The Hall–Kier alpha value is -2.91. The standard InChI is InChI=1S/C19H23F3N6O/c1-12-5-7-28(8-6-12)17-14(3-4-16(27-17)19(20,21)22)9-25-18(29)26-15-10-23-13(2)24-11-15/h3-4,10-12H,5-9H2,1-2H3,(H2,25,26,29). The number of rotatable bonds is 4. The van der Waals surface area contributed by atoms with Crippen LogP contribution in [0, 0.1) is 12.8 Å². The Bertz CT molecular complexity index is 848. The van der Waals surface area contributed by atoms with Crippen molar-refractivity contribution in [2.45, 2.75) is 39.4 Å². The molecule has 29 heavy (non-hydrogen) atoms. The molecule has 2 amide bonds. The zero-order valence-electron chi connectivity index (χ0n) is 16.3. The summed E-state index contributed by atoms with van der Waals surface area (Å²) in [7, 11) is 0. The summed E-state index contributed by atoms with van der Waals surface area (Å²) in [6.07, 6.45) is 0.202. The molecule has 156 valence electrons. The van der Waals surface area contributed by atoms with Crippen LogP contribution in [0.3, 0.4) is 0 Å². The van der Waals surface area contributed by atoms with E-state index in [1.54, 1.807) is 6.92 Å². The van der Waals surface area contributed by atoms with Crippen LogP contribution in [0.4, 0.5) is 29.5 Å². The van der Waals surface area contributed by atoms with Crippen LogP contribution in [0.5, 0.6) is 0 Å². The molecule has 2 N–H and O–H groups in total. The lowest BCUT2D eigenvalue weighted by Crippen LogP contribution is -2.35. The van der Waals surface area contributed by atoms with Crippen molar-refractivity contribution in [3.63, 3.8) is 0 Å². The lowest BCUT2D eigenvalue weighted by Gasteiger charge is -2.33. The number of aromatic nitrogens is 3. The molecule has 1 fully saturated rings. The number of piperidine rings is 1. The Morgan fingerprint density at radius 2 is 1.86 bits per heavy atom. The highest BCUT2D eigenvalue weighted by Gasteiger charge is 2.34. The molecule has 2 aromatic heterocycles. The third-order valence-electron chi connectivity index (χ3n) is 4.81. The highest BCUT2D eigenvalue weighted by molar-refractivity contribution is 5.88. The maximum Gasteiger partial charge on any atom is 0.433 e. The van der Waals surface area contributed by atoms with Gasteiger partial charge in [-0.3, -0.25) is 0 Å². The van der Waals surface area contributed by atoms with Gasteiger partial charge in [-0.05, 0) is 31.7 Å². The number of hydrogen-bond acceptors (Lipinski definition) is 5. The fourth-order valence-electron chi connectivity index (χ4n) is 3.08. The minimum absolute atomic E-state index is 0.0467. The largest absolute Gasteiger partial charge is 0.433 e. The minimum atomic E-state index is -4.52. The van der Waals surface area contributed by atoms with Crippen molar-refractivity contribution in [3.05, 3.63) is 41.6 Å². The number of amides is 2. The van der Waals surface area contributed by atoms with E-state index in [0.717, 1.165) is 18.9 Å². The zero-order valence-corrected chi connectivity index (χ0v) is 16.3. The Morgan fingerprint density at radius 3 is 2.48 bits per heavy atom. The summed E-state index contributed by atoms with van der Waals surface area (Å²) in [6, 6.07) is 1.81. The molecule has 2 aromatic rings. The summed E-state index contributed by atoms with van der Waals surface area (Å²) >= 11 is 0. The molecule has 0 saturated carbocycles. The third-order valence-corrected chi connectivity index (χ3v) is 4.81. The summed E-state index contributed by atoms with van der Waals surface area (Å²) in [5.41, 5.74) is 0.0165. The van der Waals surface area contributed by atoms with Gasteiger partial charge in [-0.25, -0.2) is 19.7 Å². The fraction of sp³-hybridized carbons (Fsp3) is 0.474. The van der Waals surface area contributed by atoms with Gasteiger partial charge in [0.2, 0.25) is 0 Å². The highest BCUT2D eigenvalue weighted by Crippen LogP contribution is 2.32. The van der Waals surface area contributed by atoms with E-state index in [1.807, 2.05) is 4.90 Å². The summed E-state index contributed by atoms with van der Waals surface area (Å²) in [5.74, 6) is 1.37. The van der Waals surface area contributed by atoms with E-state index in [0.29, 0.717) is 36.1 Å². The molecule has 0 atom stereocenters. The topological polar surface area (TPSA) is 83.0 Å². The number of anilines is 2. The summed E-state index contributed by atoms with van der Waals surface area (Å²) in [6.45, 7) is 5.17. The molecule has 0 spiro atoms. The molecule has 1 aliphatic heterocycles. The van der Waals surface area contributed by atoms with E-state index in [2.05, 4.69) is 32.5 Å². The van der Waals surface area contributed by atoms with Gasteiger partial charge in [0.25, 0.3) is 0 Å². The van der Waals surface area contributed by atoms with Crippen molar-refractivity contribution in [3.8, 4) is 0 Å². The number of halogens is 3. The normalized spacial score (nSPS) is 15.3. The molecular formula is C19H23F3N6O. The second-order valence-corrected chi connectivity index (χ2v) is 7.17. The maximum absolute atomic E-state index is 13.1. The SMILES string of the molecule is Cc1ncc(NC(=O)NCc2ccc(C(F)(F)F)nc2N2CCC(C)CC2)cn1. The lowest BCUT2D eigenvalue weighted by molar-refractivity contribution is -0.141. The first kappa shape index (κ1) is 20.8. The number of carbonyl (C=O) groups excluding carboxylic acids is 1. The molecule has 10 heteroatoms. The van der Waals surface area contributed by atoms with E-state index >= 15 is 0 Å². The molecule has 1 saturated heterocycles. The van der Waals surface area contributed by atoms with E-state index in [9.17, 15) is 18.0 Å². The van der Waals surface area contributed by atoms with Gasteiger partial charge in [0, 0.05) is 25.2 Å². The van der Waals surface area contributed by atoms with Crippen LogP contribution in [0.2, 0.25) is 0 Å². The lowest BCUT2D eigenvalue weighted by atomic mass is 9.99. The molecule has 0 unspecified atom stereocenters. The Labute approximate surface area is 166 Å². The van der Waals surface area contributed by atoms with E-state index in [4.69, 9.17) is 0 Å². The molecule has 3 heterocycles. The smallest absolute Gasteiger partial charge is 0.356 e. The first-order valence-corrected chi connectivity index (χ1v) is 9.38. The van der Waals surface area contributed by atoms with Crippen LogP contribution in [0.25, 0.3) is 0 Å². The van der Waals surface area contributed by atoms with Crippen molar-refractivity contribution >= 4 is 17.5 Å². The zero-order chi connectivity index (χ0) is 21.0. The average Bonchev–Trinajstić information content (AvgIpc) is 2.68. The summed E-state index contributed by atoms with van der Waals surface area (Å²) in [4.78, 5) is 25.8. The molecule has 0 radical (unpaired) electrons. The van der Waals surface area contributed by atoms with Gasteiger partial charge in [-0.15, -0.1) is 0 Å². The molecule has 1 aliphatic rings. The average molecular weight is 408 g/mol. The predicted octanol–water partition coefficient (Wildman–Crippen LogP) is 3.76. The molecule has 0 bridgehead atoms. The van der Waals surface area contributed by atoms with Gasteiger partial charge in [0.1, 0.15) is 17.3 Å². The third kappa shape index (κ3) is 5.55. The van der Waals surface area contributed by atoms with Crippen molar-refractivity contribution < 1.29 is 18.0 Å². The number of aryl methyl sites for hydroxylation is 1. The Kier molecular flexibility index (Phi) is 6.19. The number of pyridine rings is 1. The molecular weight excluding hydrogens is 385 g/mol. The monoisotopic (exact) mass is 408 g/mol. The molecule has 0 aliphatic carbocycles. The molecule has 7 nitrogen and oxygen atoms in total. The number of carbonyl (C=O) groups is 1. The second-order valence-electron chi connectivity index (χ2n) is 7.17. The van der Waals surface area contributed by atoms with Crippen molar-refractivity contribution in [2.75, 3.05) is 23.3 Å². The van der Waals surface area contributed by atoms with Crippen molar-refractivity contribution in [2.24, 2.45) is 5.92 Å². The quantitative estimate of drug-likeness (QED) is 0.805. The number of nitrogens with one attached hydrogen (secondary N) is 2. The fourth-order valence-corrected chi connectivity index (χ4v) is 3.08. The van der Waals surface area contributed by atoms with Crippen LogP contribution in [-0.4, -0.2) is 34.1 Å². The van der Waals surface area contributed by atoms with E-state index in [1.165, 1.54) is 18.5 Å². The number of alkyl halides is 3. The minimum Gasteiger partial charge on any atom is -0.356 e. The van der Waals surface area contributed by atoms with E-state index in [-0.39, 0.29) is 12.4 Å². The Morgan fingerprint density at radius 1 is 1.21 bits per heavy atom. The number of hydrogen-bond donors (Lipinski definition) is 2. The van der Waals surface area contributed by atoms with Crippen LogP contribution in [-0.2, 0) is 12.7 Å². The first-order chi connectivity index (χ1) is 13.7. The van der Waals surface area contributed by atoms with Crippen molar-refractivity contribution in [1.82, 2.24) is 20.3 Å². The van der Waals surface area contributed by atoms with Gasteiger partial charge in [-0.2, -0.15) is 13.2 Å². The van der Waals surface area contributed by atoms with Crippen LogP contribution < -0.4 is 15.5 Å². The highest BCUT2D eigenvalue weighted by atomic mass is 19.4. The van der Waals surface area contributed by atoms with Crippen LogP contribution in [0.15, 0.2) is 24.5 Å². The second kappa shape index (κ2) is 8.62. The van der Waals surface area contributed by atoms with Gasteiger partial charge in [0.15, 0.2) is 0 Å². The number of urea groups is 1. The van der Waals surface area contributed by atoms with Gasteiger partial charge < -0.3 is 15.5 Å². The summed E-state index contributed by atoms with van der Waals surface area (Å²) in [5, 5.41) is 5.25.